The van der Waals surface area contributed by atoms with E-state index in [9.17, 15) is 4.79 Å². The molecule has 0 aliphatic heterocycles. The number of nitrogens with zero attached hydrogens (tertiary/aromatic N) is 1. The van der Waals surface area contributed by atoms with E-state index in [0.29, 0.717) is 42.6 Å². The quantitative estimate of drug-likeness (QED) is 0.571. The van der Waals surface area contributed by atoms with Gasteiger partial charge < -0.3 is 14.2 Å². The molecular formula is C14H17NO4S. The van der Waals surface area contributed by atoms with Gasteiger partial charge in [-0.2, -0.15) is 4.99 Å². The van der Waals surface area contributed by atoms with E-state index in [1.165, 1.54) is 0 Å². The van der Waals surface area contributed by atoms with E-state index in [0.717, 1.165) is 0 Å². The lowest BCUT2D eigenvalue weighted by Gasteiger charge is -2.16. The fourth-order valence-electron chi connectivity index (χ4n) is 1.62. The van der Waals surface area contributed by atoms with Crippen molar-refractivity contribution in [2.45, 2.75) is 20.8 Å². The Kier molecular flexibility index (Phi) is 6.70. The molecule has 1 amide bonds. The molecule has 20 heavy (non-hydrogen) atoms. The Hall–Kier alpha value is -1.91. The second-order valence-corrected chi connectivity index (χ2v) is 3.79. The zero-order valence-electron chi connectivity index (χ0n) is 11.8. The summed E-state index contributed by atoms with van der Waals surface area (Å²) in [6.07, 6.45) is 0. The van der Waals surface area contributed by atoms with Crippen molar-refractivity contribution in [3.8, 4) is 17.2 Å². The summed E-state index contributed by atoms with van der Waals surface area (Å²) in [5.74, 6) is 0.885. The highest BCUT2D eigenvalue weighted by Gasteiger charge is 2.17. The van der Waals surface area contributed by atoms with Crippen molar-refractivity contribution in [3.63, 3.8) is 0 Å². The van der Waals surface area contributed by atoms with Crippen LogP contribution >= 0.6 is 12.2 Å². The highest BCUT2D eigenvalue weighted by Crippen LogP contribution is 2.39. The fourth-order valence-corrected chi connectivity index (χ4v) is 1.70. The van der Waals surface area contributed by atoms with Crippen LogP contribution in [0.4, 0.5) is 0 Å². The zero-order valence-corrected chi connectivity index (χ0v) is 12.6. The van der Waals surface area contributed by atoms with Gasteiger partial charge in [-0.1, -0.05) is 0 Å². The SMILES string of the molecule is CCOc1cc(C(=O)N=C=S)cc(OCC)c1OCC. The number of hydrogen-bond acceptors (Lipinski definition) is 5. The summed E-state index contributed by atoms with van der Waals surface area (Å²) in [5, 5.41) is 2.05. The maximum absolute atomic E-state index is 11.8. The average molecular weight is 295 g/mol. The summed E-state index contributed by atoms with van der Waals surface area (Å²) >= 11 is 4.44. The third-order valence-electron chi connectivity index (χ3n) is 2.30. The lowest BCUT2D eigenvalue weighted by atomic mass is 10.1. The second-order valence-electron chi connectivity index (χ2n) is 3.61. The number of isothiocyanates is 1. The molecule has 5 nitrogen and oxygen atoms in total. The van der Waals surface area contributed by atoms with E-state index >= 15 is 0 Å². The van der Waals surface area contributed by atoms with Gasteiger partial charge in [-0.05, 0) is 45.1 Å². The number of thiocarbonyl (C=S) groups is 1. The van der Waals surface area contributed by atoms with Gasteiger partial charge >= 0.3 is 0 Å². The number of amides is 1. The topological polar surface area (TPSA) is 57.1 Å². The number of ether oxygens (including phenoxy) is 3. The van der Waals surface area contributed by atoms with Gasteiger partial charge in [0.2, 0.25) is 5.75 Å². The molecule has 6 heteroatoms. The van der Waals surface area contributed by atoms with Crippen LogP contribution in [0.5, 0.6) is 17.2 Å². The molecule has 1 aromatic carbocycles. The first-order valence-corrected chi connectivity index (χ1v) is 6.77. The van der Waals surface area contributed by atoms with Gasteiger partial charge in [-0.3, -0.25) is 4.79 Å². The van der Waals surface area contributed by atoms with Gasteiger partial charge in [-0.25, -0.2) is 0 Å². The van der Waals surface area contributed by atoms with Gasteiger partial charge in [-0.15, -0.1) is 0 Å². The Bertz CT molecular complexity index is 497. The number of carbonyl (C=O) groups excluding carboxylic acids is 1. The van der Waals surface area contributed by atoms with E-state index in [2.05, 4.69) is 22.4 Å². The minimum atomic E-state index is -0.495. The molecule has 0 aromatic heterocycles. The molecule has 0 heterocycles. The highest BCUT2D eigenvalue weighted by atomic mass is 32.1. The Morgan fingerprint density at radius 1 is 1.10 bits per heavy atom. The second kappa shape index (κ2) is 8.30. The first-order valence-electron chi connectivity index (χ1n) is 6.36. The van der Waals surface area contributed by atoms with Crippen molar-refractivity contribution < 1.29 is 19.0 Å². The van der Waals surface area contributed by atoms with E-state index in [1.807, 2.05) is 20.8 Å². The van der Waals surface area contributed by atoms with E-state index in [4.69, 9.17) is 14.2 Å². The lowest BCUT2D eigenvalue weighted by molar-refractivity contribution is 0.100. The van der Waals surface area contributed by atoms with Crippen LogP contribution in [0.3, 0.4) is 0 Å². The van der Waals surface area contributed by atoms with Gasteiger partial charge in [0.15, 0.2) is 11.5 Å². The number of carbonyl (C=O) groups is 1. The maximum Gasteiger partial charge on any atom is 0.286 e. The van der Waals surface area contributed by atoms with Crippen molar-refractivity contribution in [2.75, 3.05) is 19.8 Å². The highest BCUT2D eigenvalue weighted by molar-refractivity contribution is 7.78. The lowest BCUT2D eigenvalue weighted by Crippen LogP contribution is -2.05. The molecule has 0 bridgehead atoms. The Balaban J connectivity index is 3.35. The van der Waals surface area contributed by atoms with Crippen molar-refractivity contribution in [2.24, 2.45) is 4.99 Å². The van der Waals surface area contributed by atoms with E-state index in [-0.39, 0.29) is 0 Å². The molecule has 0 fully saturated rings. The van der Waals surface area contributed by atoms with E-state index in [1.54, 1.807) is 12.1 Å². The van der Waals surface area contributed by atoms with Crippen LogP contribution in [0, 0.1) is 0 Å². The Morgan fingerprint density at radius 3 is 2.00 bits per heavy atom. The van der Waals surface area contributed by atoms with Crippen molar-refractivity contribution in [1.82, 2.24) is 0 Å². The minimum Gasteiger partial charge on any atom is -0.490 e. The summed E-state index contributed by atoms with van der Waals surface area (Å²) in [7, 11) is 0. The maximum atomic E-state index is 11.8. The summed E-state index contributed by atoms with van der Waals surface area (Å²) in [5.41, 5.74) is 0.317. The van der Waals surface area contributed by atoms with Crippen LogP contribution in [0.15, 0.2) is 17.1 Å². The van der Waals surface area contributed by atoms with Crippen LogP contribution in [-0.2, 0) is 0 Å². The first-order chi connectivity index (χ1) is 9.67. The van der Waals surface area contributed by atoms with Crippen LogP contribution in [0.25, 0.3) is 0 Å². The molecule has 0 aliphatic rings. The number of rotatable bonds is 7. The minimum absolute atomic E-state index is 0.317. The van der Waals surface area contributed by atoms with Gasteiger partial charge in [0, 0.05) is 0 Å². The van der Waals surface area contributed by atoms with Crippen molar-refractivity contribution in [3.05, 3.63) is 17.7 Å². The third-order valence-corrected chi connectivity index (χ3v) is 2.39. The molecule has 1 aromatic rings. The summed E-state index contributed by atoms with van der Waals surface area (Å²) in [4.78, 5) is 15.2. The molecule has 0 spiro atoms. The first kappa shape index (κ1) is 16.1. The Morgan fingerprint density at radius 2 is 1.60 bits per heavy atom. The number of benzene rings is 1. The predicted molar refractivity (Wildman–Crippen MR) is 79.3 cm³/mol. The van der Waals surface area contributed by atoms with Crippen molar-refractivity contribution in [1.29, 1.82) is 0 Å². The average Bonchev–Trinajstić information content (AvgIpc) is 2.43. The van der Waals surface area contributed by atoms with Crippen LogP contribution in [-0.4, -0.2) is 30.9 Å². The largest absolute Gasteiger partial charge is 0.490 e. The van der Waals surface area contributed by atoms with Crippen LogP contribution < -0.4 is 14.2 Å². The third kappa shape index (κ3) is 4.05. The molecule has 0 unspecified atom stereocenters. The van der Waals surface area contributed by atoms with Gasteiger partial charge in [0.05, 0.1) is 30.5 Å². The molecule has 0 aliphatic carbocycles. The molecule has 0 atom stereocenters. The number of hydrogen-bond donors (Lipinski definition) is 0. The molecule has 0 radical (unpaired) electrons. The molecule has 108 valence electrons. The van der Waals surface area contributed by atoms with Gasteiger partial charge in [0.1, 0.15) is 0 Å². The smallest absolute Gasteiger partial charge is 0.286 e. The molecular weight excluding hydrogens is 278 g/mol. The molecule has 0 saturated carbocycles. The van der Waals surface area contributed by atoms with Gasteiger partial charge in [0.25, 0.3) is 5.91 Å². The monoisotopic (exact) mass is 295 g/mol. The zero-order chi connectivity index (χ0) is 15.0. The Labute approximate surface area is 123 Å². The molecule has 0 N–H and O–H groups in total. The van der Waals surface area contributed by atoms with Crippen LogP contribution in [0.2, 0.25) is 0 Å². The summed E-state index contributed by atoms with van der Waals surface area (Å²) in [6.45, 7) is 6.91. The van der Waals surface area contributed by atoms with Crippen LogP contribution in [0.1, 0.15) is 31.1 Å². The number of aliphatic imine (C=N–C) groups is 1. The molecule has 1 rings (SSSR count). The predicted octanol–water partition coefficient (Wildman–Crippen LogP) is 3.13. The summed E-state index contributed by atoms with van der Waals surface area (Å²) in [6, 6.07) is 3.13. The fraction of sp³-hybridized carbons (Fsp3) is 0.429. The van der Waals surface area contributed by atoms with Crippen molar-refractivity contribution >= 4 is 23.3 Å². The normalized spacial score (nSPS) is 9.55. The standard InChI is InChI=1S/C14H17NO4S/c1-4-17-11-7-10(14(16)15-9-20)8-12(18-5-2)13(11)19-6-3/h7-8H,4-6H2,1-3H3. The van der Waals surface area contributed by atoms with E-state index < -0.39 is 5.91 Å². The summed E-state index contributed by atoms with van der Waals surface area (Å²) < 4.78 is 16.5. The molecule has 0 saturated heterocycles.